The highest BCUT2D eigenvalue weighted by Gasteiger charge is 2.45. The van der Waals surface area contributed by atoms with Gasteiger partial charge < -0.3 is 4.90 Å². The van der Waals surface area contributed by atoms with E-state index in [1.165, 1.54) is 12.8 Å². The summed E-state index contributed by atoms with van der Waals surface area (Å²) in [6.45, 7) is 7.85. The van der Waals surface area contributed by atoms with Gasteiger partial charge in [0.1, 0.15) is 5.82 Å². The third kappa shape index (κ3) is 2.45. The molecule has 0 radical (unpaired) electrons. The van der Waals surface area contributed by atoms with Crippen LogP contribution in [0.2, 0.25) is 0 Å². The largest absolute Gasteiger partial charge is 0.342 e. The first kappa shape index (κ1) is 13.6. The van der Waals surface area contributed by atoms with Crippen molar-refractivity contribution in [3.8, 4) is 0 Å². The second-order valence-electron chi connectivity index (χ2n) is 6.49. The molecule has 0 aromatic carbocycles. The van der Waals surface area contributed by atoms with Crippen LogP contribution in [0.15, 0.2) is 0 Å². The van der Waals surface area contributed by atoms with Gasteiger partial charge in [-0.1, -0.05) is 20.8 Å². The van der Waals surface area contributed by atoms with Crippen molar-refractivity contribution < 1.29 is 4.79 Å². The highest BCUT2D eigenvalue weighted by atomic mass is 16.2. The molecule has 20 heavy (non-hydrogen) atoms. The van der Waals surface area contributed by atoms with Gasteiger partial charge in [-0.15, -0.1) is 0 Å². The molecule has 1 saturated heterocycles. The summed E-state index contributed by atoms with van der Waals surface area (Å²) in [5.74, 6) is 4.17. The van der Waals surface area contributed by atoms with Gasteiger partial charge in [0.25, 0.3) is 0 Å². The maximum absolute atomic E-state index is 12.0. The predicted molar refractivity (Wildman–Crippen MR) is 76.3 cm³/mol. The Morgan fingerprint density at radius 2 is 2.15 bits per heavy atom. The summed E-state index contributed by atoms with van der Waals surface area (Å²) in [6, 6.07) is 0. The maximum atomic E-state index is 12.0. The standard InChI is InChI=1S/C15H24N4O/c1-4-13(20)19-7-11(10-5-6-10)12(8-19)15-16-14(9(2)3)17-18-15/h9-12H,4-8H2,1-3H3,(H,16,17,18)/t11-,12+/m0/s1. The molecule has 1 N–H and O–H groups in total. The van der Waals surface area contributed by atoms with E-state index in [9.17, 15) is 4.79 Å². The summed E-state index contributed by atoms with van der Waals surface area (Å²) in [6.07, 6.45) is 3.21. The van der Waals surface area contributed by atoms with E-state index >= 15 is 0 Å². The van der Waals surface area contributed by atoms with E-state index in [-0.39, 0.29) is 5.91 Å². The van der Waals surface area contributed by atoms with Crippen molar-refractivity contribution in [2.24, 2.45) is 11.8 Å². The zero-order valence-corrected chi connectivity index (χ0v) is 12.6. The number of hydrogen-bond acceptors (Lipinski definition) is 3. The molecule has 2 atom stereocenters. The van der Waals surface area contributed by atoms with Crippen LogP contribution in [-0.4, -0.2) is 39.1 Å². The van der Waals surface area contributed by atoms with Gasteiger partial charge in [0.05, 0.1) is 0 Å². The minimum atomic E-state index is 0.266. The van der Waals surface area contributed by atoms with E-state index in [1.54, 1.807) is 0 Å². The van der Waals surface area contributed by atoms with Crippen LogP contribution in [0.4, 0.5) is 0 Å². The van der Waals surface area contributed by atoms with Gasteiger partial charge in [-0.2, -0.15) is 5.10 Å². The van der Waals surface area contributed by atoms with Crippen LogP contribution < -0.4 is 0 Å². The fraction of sp³-hybridized carbons (Fsp3) is 0.800. The Labute approximate surface area is 120 Å². The summed E-state index contributed by atoms with van der Waals surface area (Å²) < 4.78 is 0. The quantitative estimate of drug-likeness (QED) is 0.917. The second kappa shape index (κ2) is 5.19. The summed E-state index contributed by atoms with van der Waals surface area (Å²) >= 11 is 0. The lowest BCUT2D eigenvalue weighted by atomic mass is 9.91. The number of carbonyl (C=O) groups excluding carboxylic acids is 1. The molecule has 2 aliphatic rings. The first-order valence-corrected chi connectivity index (χ1v) is 7.80. The van der Waals surface area contributed by atoms with Crippen LogP contribution in [-0.2, 0) is 4.79 Å². The molecule has 2 heterocycles. The Morgan fingerprint density at radius 3 is 2.70 bits per heavy atom. The second-order valence-corrected chi connectivity index (χ2v) is 6.49. The van der Waals surface area contributed by atoms with Crippen molar-refractivity contribution >= 4 is 5.91 Å². The molecule has 0 bridgehead atoms. The number of nitrogens with one attached hydrogen (secondary N) is 1. The number of aromatic amines is 1. The lowest BCUT2D eigenvalue weighted by Gasteiger charge is -2.14. The summed E-state index contributed by atoms with van der Waals surface area (Å²) in [5.41, 5.74) is 0. The van der Waals surface area contributed by atoms with Crippen LogP contribution in [0.5, 0.6) is 0 Å². The zero-order valence-electron chi connectivity index (χ0n) is 12.6. The molecular formula is C15H24N4O. The van der Waals surface area contributed by atoms with E-state index in [1.807, 2.05) is 11.8 Å². The third-order valence-electron chi connectivity index (χ3n) is 4.64. The monoisotopic (exact) mass is 276 g/mol. The molecule has 1 aromatic heterocycles. The van der Waals surface area contributed by atoms with Gasteiger partial charge >= 0.3 is 0 Å². The molecule has 2 fully saturated rings. The number of carbonyl (C=O) groups is 1. The van der Waals surface area contributed by atoms with Gasteiger partial charge in [-0.25, -0.2) is 4.98 Å². The molecule has 110 valence electrons. The van der Waals surface area contributed by atoms with E-state index in [0.29, 0.717) is 24.2 Å². The molecule has 1 aromatic rings. The fourth-order valence-corrected chi connectivity index (χ4v) is 3.26. The van der Waals surface area contributed by atoms with Gasteiger partial charge in [0, 0.05) is 31.3 Å². The Balaban J connectivity index is 1.80. The molecular weight excluding hydrogens is 252 g/mol. The minimum Gasteiger partial charge on any atom is -0.342 e. The Kier molecular flexibility index (Phi) is 3.52. The van der Waals surface area contributed by atoms with Crippen molar-refractivity contribution in [2.45, 2.75) is 51.9 Å². The summed E-state index contributed by atoms with van der Waals surface area (Å²) in [7, 11) is 0. The number of aromatic nitrogens is 3. The number of amides is 1. The number of likely N-dealkylation sites (tertiary alicyclic amines) is 1. The van der Waals surface area contributed by atoms with Crippen molar-refractivity contribution in [1.82, 2.24) is 20.1 Å². The zero-order chi connectivity index (χ0) is 14.3. The van der Waals surface area contributed by atoms with E-state index in [4.69, 9.17) is 0 Å². The van der Waals surface area contributed by atoms with Crippen molar-refractivity contribution in [3.05, 3.63) is 11.6 Å². The minimum absolute atomic E-state index is 0.266. The van der Waals surface area contributed by atoms with Crippen LogP contribution in [0.3, 0.4) is 0 Å². The molecule has 1 amide bonds. The van der Waals surface area contributed by atoms with Crippen molar-refractivity contribution in [3.63, 3.8) is 0 Å². The first-order valence-electron chi connectivity index (χ1n) is 7.80. The molecule has 3 rings (SSSR count). The number of nitrogens with zero attached hydrogens (tertiary/aromatic N) is 3. The average molecular weight is 276 g/mol. The average Bonchev–Trinajstić information content (AvgIpc) is 3.00. The highest BCUT2D eigenvalue weighted by molar-refractivity contribution is 5.76. The summed E-state index contributed by atoms with van der Waals surface area (Å²) in [5, 5.41) is 7.45. The fourth-order valence-electron chi connectivity index (χ4n) is 3.26. The molecule has 1 saturated carbocycles. The maximum Gasteiger partial charge on any atom is 0.222 e. The number of rotatable bonds is 4. The molecule has 5 nitrogen and oxygen atoms in total. The van der Waals surface area contributed by atoms with Gasteiger partial charge in [0.15, 0.2) is 5.82 Å². The molecule has 5 heteroatoms. The summed E-state index contributed by atoms with van der Waals surface area (Å²) in [4.78, 5) is 18.7. The molecule has 1 aliphatic heterocycles. The van der Waals surface area contributed by atoms with Crippen LogP contribution in [0, 0.1) is 11.8 Å². The smallest absolute Gasteiger partial charge is 0.222 e. The van der Waals surface area contributed by atoms with Gasteiger partial charge in [-0.05, 0) is 24.7 Å². The van der Waals surface area contributed by atoms with Gasteiger partial charge in [0.2, 0.25) is 5.91 Å². The van der Waals surface area contributed by atoms with Crippen LogP contribution in [0.1, 0.15) is 63.5 Å². The topological polar surface area (TPSA) is 61.9 Å². The Hall–Kier alpha value is -1.39. The number of H-pyrrole nitrogens is 1. The highest BCUT2D eigenvalue weighted by Crippen LogP contribution is 2.47. The Morgan fingerprint density at radius 1 is 1.40 bits per heavy atom. The van der Waals surface area contributed by atoms with Crippen LogP contribution in [0.25, 0.3) is 0 Å². The number of hydrogen-bond donors (Lipinski definition) is 1. The molecule has 0 unspecified atom stereocenters. The van der Waals surface area contributed by atoms with E-state index in [2.05, 4.69) is 29.0 Å². The third-order valence-corrected chi connectivity index (χ3v) is 4.64. The molecule has 1 aliphatic carbocycles. The lowest BCUT2D eigenvalue weighted by molar-refractivity contribution is -0.130. The van der Waals surface area contributed by atoms with Gasteiger partial charge in [-0.3, -0.25) is 9.89 Å². The van der Waals surface area contributed by atoms with Crippen molar-refractivity contribution in [2.75, 3.05) is 13.1 Å². The van der Waals surface area contributed by atoms with Crippen molar-refractivity contribution in [1.29, 1.82) is 0 Å². The van der Waals surface area contributed by atoms with E-state index < -0.39 is 0 Å². The molecule has 0 spiro atoms. The van der Waals surface area contributed by atoms with Crippen LogP contribution >= 0.6 is 0 Å². The first-order chi connectivity index (χ1) is 9.60. The van der Waals surface area contributed by atoms with E-state index in [0.717, 1.165) is 30.7 Å². The predicted octanol–water partition coefficient (Wildman–Crippen LogP) is 2.29. The SMILES string of the molecule is CCC(=O)N1C[C@@H](c2nc(C(C)C)n[nH]2)[C@H](C2CC2)C1. The Bertz CT molecular complexity index is 492. The normalized spacial score (nSPS) is 26.5. The lowest BCUT2D eigenvalue weighted by Crippen LogP contribution is -2.28.